The van der Waals surface area contributed by atoms with E-state index in [1.807, 2.05) is 0 Å². The monoisotopic (exact) mass is 255 g/mol. The number of carbonyl (C=O) groups excluding carboxylic acids is 1. The average molecular weight is 255 g/mol. The SMILES string of the molecule is CC(CC(=O)O)NC(=O)NC1CCN2CCCC12. The molecule has 2 aliphatic rings. The van der Waals surface area contributed by atoms with Gasteiger partial charge in [-0.15, -0.1) is 0 Å². The van der Waals surface area contributed by atoms with Crippen molar-refractivity contribution in [1.29, 1.82) is 0 Å². The van der Waals surface area contributed by atoms with E-state index in [0.717, 1.165) is 25.9 Å². The van der Waals surface area contributed by atoms with Gasteiger partial charge < -0.3 is 15.7 Å². The smallest absolute Gasteiger partial charge is 0.315 e. The second kappa shape index (κ2) is 5.56. The molecule has 0 aromatic rings. The van der Waals surface area contributed by atoms with Gasteiger partial charge in [-0.1, -0.05) is 0 Å². The highest BCUT2D eigenvalue weighted by Gasteiger charge is 2.37. The van der Waals surface area contributed by atoms with Gasteiger partial charge in [0.25, 0.3) is 0 Å². The minimum absolute atomic E-state index is 0.0480. The third-order valence-electron chi connectivity index (χ3n) is 3.78. The highest BCUT2D eigenvalue weighted by atomic mass is 16.4. The number of urea groups is 1. The van der Waals surface area contributed by atoms with Crippen molar-refractivity contribution < 1.29 is 14.7 Å². The van der Waals surface area contributed by atoms with E-state index in [9.17, 15) is 9.59 Å². The zero-order valence-electron chi connectivity index (χ0n) is 10.7. The molecule has 0 aliphatic carbocycles. The summed E-state index contributed by atoms with van der Waals surface area (Å²) in [5.74, 6) is -0.898. The van der Waals surface area contributed by atoms with Crippen LogP contribution in [-0.2, 0) is 4.79 Å². The summed E-state index contributed by atoms with van der Waals surface area (Å²) in [5.41, 5.74) is 0. The van der Waals surface area contributed by atoms with Crippen molar-refractivity contribution in [1.82, 2.24) is 15.5 Å². The molecule has 0 radical (unpaired) electrons. The summed E-state index contributed by atoms with van der Waals surface area (Å²) in [6.07, 6.45) is 3.30. The molecule has 3 unspecified atom stereocenters. The first-order valence-corrected chi connectivity index (χ1v) is 6.59. The Labute approximate surface area is 107 Å². The molecular weight excluding hydrogens is 234 g/mol. The Hall–Kier alpha value is -1.30. The summed E-state index contributed by atoms with van der Waals surface area (Å²) in [6, 6.07) is 0.0983. The van der Waals surface area contributed by atoms with Crippen LogP contribution in [0.15, 0.2) is 0 Å². The molecular formula is C12H21N3O3. The van der Waals surface area contributed by atoms with Crippen LogP contribution < -0.4 is 10.6 Å². The van der Waals surface area contributed by atoms with Crippen LogP contribution in [0.3, 0.4) is 0 Å². The fourth-order valence-corrected chi connectivity index (χ4v) is 3.00. The van der Waals surface area contributed by atoms with E-state index in [-0.39, 0.29) is 24.5 Å². The van der Waals surface area contributed by atoms with Gasteiger partial charge in [0.2, 0.25) is 0 Å². The maximum absolute atomic E-state index is 11.7. The van der Waals surface area contributed by atoms with Crippen LogP contribution >= 0.6 is 0 Å². The Kier molecular flexibility index (Phi) is 4.06. The van der Waals surface area contributed by atoms with Crippen LogP contribution in [-0.4, -0.2) is 53.2 Å². The zero-order chi connectivity index (χ0) is 13.1. The standard InChI is InChI=1S/C12H21N3O3/c1-8(7-11(16)17)13-12(18)14-9-4-6-15-5-2-3-10(9)15/h8-10H,2-7H2,1H3,(H,16,17)(H2,13,14,18). The number of hydrogen-bond acceptors (Lipinski definition) is 3. The zero-order valence-corrected chi connectivity index (χ0v) is 10.7. The normalized spacial score (nSPS) is 28.7. The van der Waals surface area contributed by atoms with Gasteiger partial charge in [-0.05, 0) is 32.7 Å². The van der Waals surface area contributed by atoms with Crippen molar-refractivity contribution in [3.8, 4) is 0 Å². The van der Waals surface area contributed by atoms with Crippen molar-refractivity contribution in [3.63, 3.8) is 0 Å². The summed E-state index contributed by atoms with van der Waals surface area (Å²) >= 11 is 0. The van der Waals surface area contributed by atoms with Crippen LogP contribution in [0.5, 0.6) is 0 Å². The molecule has 2 fully saturated rings. The average Bonchev–Trinajstić information content (AvgIpc) is 2.81. The lowest BCUT2D eigenvalue weighted by molar-refractivity contribution is -0.137. The predicted octanol–water partition coefficient (Wildman–Crippen LogP) is 0.386. The summed E-state index contributed by atoms with van der Waals surface area (Å²) < 4.78 is 0. The van der Waals surface area contributed by atoms with E-state index >= 15 is 0 Å². The van der Waals surface area contributed by atoms with Crippen molar-refractivity contribution in [3.05, 3.63) is 0 Å². The summed E-state index contributed by atoms with van der Waals surface area (Å²) in [7, 11) is 0. The largest absolute Gasteiger partial charge is 0.481 e. The van der Waals surface area contributed by atoms with E-state index in [1.165, 1.54) is 6.42 Å². The molecule has 6 heteroatoms. The van der Waals surface area contributed by atoms with Crippen LogP contribution in [0.1, 0.15) is 32.6 Å². The summed E-state index contributed by atoms with van der Waals surface area (Å²) in [4.78, 5) is 24.7. The van der Waals surface area contributed by atoms with Gasteiger partial charge in [-0.3, -0.25) is 9.69 Å². The molecule has 18 heavy (non-hydrogen) atoms. The quantitative estimate of drug-likeness (QED) is 0.678. The Bertz CT molecular complexity index is 335. The number of amides is 2. The summed E-state index contributed by atoms with van der Waals surface area (Å²) in [5, 5.41) is 14.3. The van der Waals surface area contributed by atoms with Gasteiger partial charge in [0.15, 0.2) is 0 Å². The molecule has 2 amide bonds. The molecule has 6 nitrogen and oxygen atoms in total. The van der Waals surface area contributed by atoms with Crippen molar-refractivity contribution in [2.75, 3.05) is 13.1 Å². The molecule has 2 rings (SSSR count). The first-order valence-electron chi connectivity index (χ1n) is 6.59. The Morgan fingerprint density at radius 3 is 2.89 bits per heavy atom. The van der Waals surface area contributed by atoms with Crippen molar-refractivity contribution in [2.24, 2.45) is 0 Å². The molecule has 3 atom stereocenters. The maximum atomic E-state index is 11.7. The Morgan fingerprint density at radius 1 is 1.39 bits per heavy atom. The van der Waals surface area contributed by atoms with Crippen LogP contribution in [0, 0.1) is 0 Å². The van der Waals surface area contributed by atoms with Crippen LogP contribution in [0.4, 0.5) is 4.79 Å². The second-order valence-corrected chi connectivity index (χ2v) is 5.26. The number of carbonyl (C=O) groups is 2. The highest BCUT2D eigenvalue weighted by Crippen LogP contribution is 2.27. The maximum Gasteiger partial charge on any atom is 0.315 e. The van der Waals surface area contributed by atoms with E-state index in [2.05, 4.69) is 15.5 Å². The van der Waals surface area contributed by atoms with Gasteiger partial charge in [0.05, 0.1) is 6.42 Å². The number of rotatable bonds is 4. The predicted molar refractivity (Wildman–Crippen MR) is 66.4 cm³/mol. The van der Waals surface area contributed by atoms with Crippen molar-refractivity contribution in [2.45, 2.75) is 50.7 Å². The lowest BCUT2D eigenvalue weighted by Gasteiger charge is -2.22. The summed E-state index contributed by atoms with van der Waals surface area (Å²) in [6.45, 7) is 3.89. The number of nitrogens with one attached hydrogen (secondary N) is 2. The van der Waals surface area contributed by atoms with Gasteiger partial charge in [-0.2, -0.15) is 0 Å². The molecule has 2 heterocycles. The lowest BCUT2D eigenvalue weighted by atomic mass is 10.1. The molecule has 102 valence electrons. The number of hydrogen-bond donors (Lipinski definition) is 3. The molecule has 2 aliphatic heterocycles. The van der Waals surface area contributed by atoms with Crippen LogP contribution in [0.25, 0.3) is 0 Å². The lowest BCUT2D eigenvalue weighted by Crippen LogP contribution is -2.49. The Morgan fingerprint density at radius 2 is 2.17 bits per heavy atom. The first kappa shape index (κ1) is 13.1. The van der Waals surface area contributed by atoms with E-state index in [1.54, 1.807) is 6.92 Å². The topological polar surface area (TPSA) is 81.7 Å². The third-order valence-corrected chi connectivity index (χ3v) is 3.78. The first-order chi connectivity index (χ1) is 8.56. The van der Waals surface area contributed by atoms with E-state index in [0.29, 0.717) is 6.04 Å². The fourth-order valence-electron chi connectivity index (χ4n) is 3.00. The third kappa shape index (κ3) is 3.13. The Balaban J connectivity index is 1.75. The minimum atomic E-state index is -0.898. The second-order valence-electron chi connectivity index (χ2n) is 5.26. The van der Waals surface area contributed by atoms with E-state index < -0.39 is 5.97 Å². The molecule has 3 N–H and O–H groups in total. The number of carboxylic acids is 1. The number of nitrogens with zero attached hydrogens (tertiary/aromatic N) is 1. The fraction of sp³-hybridized carbons (Fsp3) is 0.833. The van der Waals surface area contributed by atoms with Crippen LogP contribution in [0.2, 0.25) is 0 Å². The van der Waals surface area contributed by atoms with Gasteiger partial charge in [0.1, 0.15) is 0 Å². The van der Waals surface area contributed by atoms with Gasteiger partial charge >= 0.3 is 12.0 Å². The van der Waals surface area contributed by atoms with Gasteiger partial charge in [0, 0.05) is 24.7 Å². The molecule has 0 bridgehead atoms. The molecule has 0 spiro atoms. The highest BCUT2D eigenvalue weighted by molar-refractivity contribution is 5.76. The minimum Gasteiger partial charge on any atom is -0.481 e. The molecule has 0 aromatic heterocycles. The molecule has 0 saturated carbocycles. The number of fused-ring (bicyclic) bond motifs is 1. The van der Waals surface area contributed by atoms with Gasteiger partial charge in [-0.25, -0.2) is 4.79 Å². The molecule has 0 aromatic carbocycles. The van der Waals surface area contributed by atoms with Crippen molar-refractivity contribution >= 4 is 12.0 Å². The number of carboxylic acid groups (broad SMARTS) is 1. The number of aliphatic carboxylic acids is 1. The molecule has 2 saturated heterocycles. The van der Waals surface area contributed by atoms with E-state index in [4.69, 9.17) is 5.11 Å².